The highest BCUT2D eigenvalue weighted by atomic mass is 19.1. The molecule has 23 heavy (non-hydrogen) atoms. The first-order valence-electron chi connectivity index (χ1n) is 7.50. The van der Waals surface area contributed by atoms with Gasteiger partial charge in [-0.05, 0) is 61.9 Å². The lowest BCUT2D eigenvalue weighted by atomic mass is 10.1. The number of ether oxygens (including phenoxy) is 2. The van der Waals surface area contributed by atoms with Crippen molar-refractivity contribution >= 4 is 5.91 Å². The Morgan fingerprint density at radius 3 is 2.52 bits per heavy atom. The highest BCUT2D eigenvalue weighted by molar-refractivity contribution is 5.94. The van der Waals surface area contributed by atoms with E-state index in [1.807, 2.05) is 13.8 Å². The molecule has 0 atom stereocenters. The first-order valence-corrected chi connectivity index (χ1v) is 7.50. The molecule has 0 aliphatic heterocycles. The molecule has 1 N–H and O–H groups in total. The Balaban J connectivity index is 1.80. The highest BCUT2D eigenvalue weighted by Gasteiger charge is 2.08. The van der Waals surface area contributed by atoms with E-state index in [-0.39, 0.29) is 11.7 Å². The van der Waals surface area contributed by atoms with Crippen molar-refractivity contribution < 1.29 is 18.7 Å². The molecule has 2 rings (SSSR count). The molecule has 0 saturated carbocycles. The van der Waals surface area contributed by atoms with Gasteiger partial charge >= 0.3 is 0 Å². The Kier molecular flexibility index (Phi) is 5.97. The van der Waals surface area contributed by atoms with Crippen molar-refractivity contribution in [3.05, 3.63) is 59.4 Å². The third-order valence-electron chi connectivity index (χ3n) is 3.21. The van der Waals surface area contributed by atoms with Crippen molar-refractivity contribution in [1.29, 1.82) is 0 Å². The molecule has 0 bridgehead atoms. The zero-order valence-electron chi connectivity index (χ0n) is 13.3. The Morgan fingerprint density at radius 2 is 1.87 bits per heavy atom. The molecule has 0 saturated heterocycles. The van der Waals surface area contributed by atoms with Crippen LogP contribution in [0.2, 0.25) is 0 Å². The van der Waals surface area contributed by atoms with Gasteiger partial charge < -0.3 is 14.8 Å². The van der Waals surface area contributed by atoms with Crippen molar-refractivity contribution in [2.24, 2.45) is 0 Å². The highest BCUT2D eigenvalue weighted by Crippen LogP contribution is 2.19. The predicted molar refractivity (Wildman–Crippen MR) is 86.6 cm³/mol. The largest absolute Gasteiger partial charge is 0.494 e. The number of halogens is 1. The molecule has 2 aromatic rings. The maximum atomic E-state index is 12.8. The van der Waals surface area contributed by atoms with Crippen LogP contribution < -0.4 is 14.8 Å². The molecule has 5 heteroatoms. The van der Waals surface area contributed by atoms with Crippen LogP contribution in [0.15, 0.2) is 42.5 Å². The maximum absolute atomic E-state index is 12.8. The summed E-state index contributed by atoms with van der Waals surface area (Å²) in [5.41, 5.74) is 1.50. The van der Waals surface area contributed by atoms with E-state index in [4.69, 9.17) is 9.47 Å². The normalized spacial score (nSPS) is 10.2. The third kappa shape index (κ3) is 4.98. The molecule has 2 aromatic carbocycles. The summed E-state index contributed by atoms with van der Waals surface area (Å²) >= 11 is 0. The van der Waals surface area contributed by atoms with E-state index in [9.17, 15) is 9.18 Å². The lowest BCUT2D eigenvalue weighted by Gasteiger charge is -2.10. The van der Waals surface area contributed by atoms with E-state index in [0.29, 0.717) is 31.1 Å². The first-order chi connectivity index (χ1) is 11.1. The number of benzene rings is 2. The number of nitrogens with one attached hydrogen (secondary N) is 1. The molecular formula is C18H20FNO3. The van der Waals surface area contributed by atoms with Crippen LogP contribution >= 0.6 is 0 Å². The number of carbonyl (C=O) groups excluding carboxylic acids is 1. The second kappa shape index (κ2) is 8.17. The van der Waals surface area contributed by atoms with Crippen LogP contribution in [0.5, 0.6) is 11.5 Å². The molecule has 0 unspecified atom stereocenters. The Bertz CT molecular complexity index is 656. The van der Waals surface area contributed by atoms with E-state index in [1.54, 1.807) is 30.3 Å². The van der Waals surface area contributed by atoms with Gasteiger partial charge in [0.1, 0.15) is 23.9 Å². The SMILES string of the molecule is CCOc1ccc(C(=O)NCCOc2ccc(F)cc2)cc1C. The average molecular weight is 317 g/mol. The average Bonchev–Trinajstić information content (AvgIpc) is 2.55. The molecule has 0 spiro atoms. The zero-order chi connectivity index (χ0) is 16.7. The molecule has 4 nitrogen and oxygen atoms in total. The van der Waals surface area contributed by atoms with Crippen molar-refractivity contribution in [3.8, 4) is 11.5 Å². The minimum absolute atomic E-state index is 0.168. The van der Waals surface area contributed by atoms with Crippen LogP contribution in [0, 0.1) is 12.7 Å². The van der Waals surface area contributed by atoms with Crippen molar-refractivity contribution in [3.63, 3.8) is 0 Å². The lowest BCUT2D eigenvalue weighted by molar-refractivity contribution is 0.0947. The van der Waals surface area contributed by atoms with Crippen molar-refractivity contribution in [2.45, 2.75) is 13.8 Å². The summed E-state index contributed by atoms with van der Waals surface area (Å²) in [6, 6.07) is 11.1. The summed E-state index contributed by atoms with van der Waals surface area (Å²) < 4.78 is 23.6. The molecule has 0 aliphatic carbocycles. The fourth-order valence-electron chi connectivity index (χ4n) is 2.07. The molecule has 0 radical (unpaired) electrons. The number of rotatable bonds is 7. The summed E-state index contributed by atoms with van der Waals surface area (Å²) in [6.07, 6.45) is 0. The van der Waals surface area contributed by atoms with E-state index < -0.39 is 0 Å². The van der Waals surface area contributed by atoms with Gasteiger partial charge in [-0.1, -0.05) is 0 Å². The summed E-state index contributed by atoms with van der Waals surface area (Å²) in [6.45, 7) is 5.09. The van der Waals surface area contributed by atoms with E-state index >= 15 is 0 Å². The summed E-state index contributed by atoms with van der Waals surface area (Å²) in [7, 11) is 0. The smallest absolute Gasteiger partial charge is 0.251 e. The third-order valence-corrected chi connectivity index (χ3v) is 3.21. The van der Waals surface area contributed by atoms with Crippen LogP contribution in [-0.4, -0.2) is 25.7 Å². The molecule has 0 heterocycles. The molecular weight excluding hydrogens is 297 g/mol. The van der Waals surface area contributed by atoms with Crippen molar-refractivity contribution in [2.75, 3.05) is 19.8 Å². The number of amides is 1. The first kappa shape index (κ1) is 16.8. The second-order valence-corrected chi connectivity index (χ2v) is 4.97. The van der Waals surface area contributed by atoms with Crippen LogP contribution in [0.1, 0.15) is 22.8 Å². The zero-order valence-corrected chi connectivity index (χ0v) is 13.3. The topological polar surface area (TPSA) is 47.6 Å². The standard InChI is InChI=1S/C18H20FNO3/c1-3-22-17-9-4-14(12-13(17)2)18(21)20-10-11-23-16-7-5-15(19)6-8-16/h4-9,12H,3,10-11H2,1-2H3,(H,20,21). The van der Waals surface area contributed by atoms with Gasteiger partial charge in [0.05, 0.1) is 13.2 Å². The van der Waals surface area contributed by atoms with E-state index in [0.717, 1.165) is 11.3 Å². The van der Waals surface area contributed by atoms with Gasteiger partial charge in [0, 0.05) is 5.56 Å². The minimum atomic E-state index is -0.309. The second-order valence-electron chi connectivity index (χ2n) is 4.97. The summed E-state index contributed by atoms with van der Waals surface area (Å²) in [4.78, 5) is 12.1. The number of carbonyl (C=O) groups is 1. The fourth-order valence-corrected chi connectivity index (χ4v) is 2.07. The molecule has 122 valence electrons. The van der Waals surface area contributed by atoms with Crippen LogP contribution in [0.3, 0.4) is 0 Å². The Morgan fingerprint density at radius 1 is 1.13 bits per heavy atom. The molecule has 0 fully saturated rings. The molecule has 0 aliphatic rings. The van der Waals surface area contributed by atoms with E-state index in [2.05, 4.69) is 5.32 Å². The van der Waals surface area contributed by atoms with Gasteiger partial charge in [-0.25, -0.2) is 4.39 Å². The van der Waals surface area contributed by atoms with Gasteiger partial charge in [-0.2, -0.15) is 0 Å². The summed E-state index contributed by atoms with van der Waals surface area (Å²) in [5, 5.41) is 2.78. The monoisotopic (exact) mass is 317 g/mol. The fraction of sp³-hybridized carbons (Fsp3) is 0.278. The van der Waals surface area contributed by atoms with Gasteiger partial charge in [-0.3, -0.25) is 4.79 Å². The molecule has 0 aromatic heterocycles. The van der Waals surface area contributed by atoms with Crippen LogP contribution in [0.4, 0.5) is 4.39 Å². The lowest BCUT2D eigenvalue weighted by Crippen LogP contribution is -2.28. The van der Waals surface area contributed by atoms with E-state index in [1.165, 1.54) is 12.1 Å². The van der Waals surface area contributed by atoms with Gasteiger partial charge in [0.15, 0.2) is 0 Å². The van der Waals surface area contributed by atoms with Gasteiger partial charge in [-0.15, -0.1) is 0 Å². The Labute approximate surface area is 135 Å². The minimum Gasteiger partial charge on any atom is -0.494 e. The van der Waals surface area contributed by atoms with Gasteiger partial charge in [0.2, 0.25) is 0 Å². The maximum Gasteiger partial charge on any atom is 0.251 e. The van der Waals surface area contributed by atoms with Gasteiger partial charge in [0.25, 0.3) is 5.91 Å². The van der Waals surface area contributed by atoms with Crippen LogP contribution in [0.25, 0.3) is 0 Å². The quantitative estimate of drug-likeness (QED) is 0.797. The number of hydrogen-bond donors (Lipinski definition) is 1. The number of hydrogen-bond acceptors (Lipinski definition) is 3. The van der Waals surface area contributed by atoms with Crippen molar-refractivity contribution in [1.82, 2.24) is 5.32 Å². The summed E-state index contributed by atoms with van der Waals surface area (Å²) in [5.74, 6) is 0.872. The Hall–Kier alpha value is -2.56. The molecule has 1 amide bonds. The number of aryl methyl sites for hydroxylation is 1. The van der Waals surface area contributed by atoms with Crippen LogP contribution in [-0.2, 0) is 0 Å². The predicted octanol–water partition coefficient (Wildman–Crippen LogP) is 3.34.